The Hall–Kier alpha value is -1.02. The van der Waals surface area contributed by atoms with Gasteiger partial charge in [0, 0.05) is 31.9 Å². The highest BCUT2D eigenvalue weighted by atomic mass is 15.2. The first kappa shape index (κ1) is 10.2. The zero-order valence-corrected chi connectivity index (χ0v) is 9.78. The lowest BCUT2D eigenvalue weighted by atomic mass is 9.80. The SMILES string of the molecule is c1cc(N2CCNCC2)ccc1C1CCC1. The molecule has 2 aliphatic rings. The van der Waals surface area contributed by atoms with Crippen LogP contribution in [0.1, 0.15) is 30.7 Å². The minimum absolute atomic E-state index is 0.858. The molecule has 0 bridgehead atoms. The van der Waals surface area contributed by atoms with Gasteiger partial charge in [-0.15, -0.1) is 0 Å². The van der Waals surface area contributed by atoms with Crippen LogP contribution in [0, 0.1) is 0 Å². The zero-order chi connectivity index (χ0) is 10.8. The van der Waals surface area contributed by atoms with Gasteiger partial charge in [-0.25, -0.2) is 0 Å². The second kappa shape index (κ2) is 4.46. The molecular weight excluding hydrogens is 196 g/mol. The van der Waals surface area contributed by atoms with Gasteiger partial charge in [-0.1, -0.05) is 18.6 Å². The van der Waals surface area contributed by atoms with E-state index in [4.69, 9.17) is 0 Å². The summed E-state index contributed by atoms with van der Waals surface area (Å²) in [5, 5.41) is 3.39. The van der Waals surface area contributed by atoms with Crippen LogP contribution in [0.2, 0.25) is 0 Å². The molecule has 3 rings (SSSR count). The lowest BCUT2D eigenvalue weighted by molar-refractivity contribution is 0.420. The van der Waals surface area contributed by atoms with Crippen LogP contribution in [0.4, 0.5) is 5.69 Å². The van der Waals surface area contributed by atoms with Crippen molar-refractivity contribution in [3.63, 3.8) is 0 Å². The molecule has 0 spiro atoms. The summed E-state index contributed by atoms with van der Waals surface area (Å²) in [6, 6.07) is 9.28. The molecule has 1 saturated carbocycles. The first-order chi connectivity index (χ1) is 7.93. The van der Waals surface area contributed by atoms with Crippen LogP contribution in [0.5, 0.6) is 0 Å². The highest BCUT2D eigenvalue weighted by Gasteiger charge is 2.19. The number of nitrogens with zero attached hydrogens (tertiary/aromatic N) is 1. The van der Waals surface area contributed by atoms with Gasteiger partial charge in [-0.3, -0.25) is 0 Å². The summed E-state index contributed by atoms with van der Waals surface area (Å²) in [6.45, 7) is 4.51. The molecular formula is C14H20N2. The molecule has 0 radical (unpaired) electrons. The van der Waals surface area contributed by atoms with Gasteiger partial charge in [-0.2, -0.15) is 0 Å². The summed E-state index contributed by atoms with van der Waals surface area (Å²) < 4.78 is 0. The molecule has 2 nitrogen and oxygen atoms in total. The van der Waals surface area contributed by atoms with Crippen molar-refractivity contribution in [2.75, 3.05) is 31.1 Å². The van der Waals surface area contributed by atoms with Gasteiger partial charge < -0.3 is 10.2 Å². The summed E-state index contributed by atoms with van der Waals surface area (Å²) in [4.78, 5) is 2.47. The van der Waals surface area contributed by atoms with E-state index in [1.54, 1.807) is 5.56 Å². The van der Waals surface area contributed by atoms with E-state index < -0.39 is 0 Å². The summed E-state index contributed by atoms with van der Waals surface area (Å²) in [5.74, 6) is 0.858. The Kier molecular flexibility index (Phi) is 2.83. The Balaban J connectivity index is 1.70. The molecule has 1 aliphatic carbocycles. The smallest absolute Gasteiger partial charge is 0.0367 e. The lowest BCUT2D eigenvalue weighted by Crippen LogP contribution is -2.43. The van der Waals surface area contributed by atoms with Crippen molar-refractivity contribution in [3.8, 4) is 0 Å². The normalized spacial score (nSPS) is 21.9. The fourth-order valence-corrected chi connectivity index (χ4v) is 2.62. The van der Waals surface area contributed by atoms with Crippen molar-refractivity contribution in [3.05, 3.63) is 29.8 Å². The van der Waals surface area contributed by atoms with E-state index in [9.17, 15) is 0 Å². The van der Waals surface area contributed by atoms with Crippen molar-refractivity contribution in [1.29, 1.82) is 0 Å². The highest BCUT2D eigenvalue weighted by molar-refractivity contribution is 5.48. The van der Waals surface area contributed by atoms with Gasteiger partial charge in [0.25, 0.3) is 0 Å². The number of benzene rings is 1. The van der Waals surface area contributed by atoms with Gasteiger partial charge in [-0.05, 0) is 36.5 Å². The maximum atomic E-state index is 3.39. The summed E-state index contributed by atoms with van der Waals surface area (Å²) >= 11 is 0. The van der Waals surface area contributed by atoms with Gasteiger partial charge in [0.2, 0.25) is 0 Å². The van der Waals surface area contributed by atoms with Gasteiger partial charge >= 0.3 is 0 Å². The minimum atomic E-state index is 0.858. The van der Waals surface area contributed by atoms with Gasteiger partial charge in [0.05, 0.1) is 0 Å². The number of rotatable bonds is 2. The summed E-state index contributed by atoms with van der Waals surface area (Å²) in [5.41, 5.74) is 2.94. The number of anilines is 1. The maximum Gasteiger partial charge on any atom is 0.0367 e. The largest absolute Gasteiger partial charge is 0.369 e. The molecule has 1 N–H and O–H groups in total. The summed E-state index contributed by atoms with van der Waals surface area (Å²) in [6.07, 6.45) is 4.21. The van der Waals surface area contributed by atoms with E-state index in [0.717, 1.165) is 32.1 Å². The third-order valence-corrected chi connectivity index (χ3v) is 3.95. The fourth-order valence-electron chi connectivity index (χ4n) is 2.62. The topological polar surface area (TPSA) is 15.3 Å². The quantitative estimate of drug-likeness (QED) is 0.816. The molecule has 2 fully saturated rings. The van der Waals surface area contributed by atoms with Crippen molar-refractivity contribution in [2.24, 2.45) is 0 Å². The van der Waals surface area contributed by atoms with E-state index >= 15 is 0 Å². The molecule has 1 heterocycles. The Morgan fingerprint density at radius 3 is 2.25 bits per heavy atom. The maximum absolute atomic E-state index is 3.39. The van der Waals surface area contributed by atoms with Crippen LogP contribution >= 0.6 is 0 Å². The monoisotopic (exact) mass is 216 g/mol. The molecule has 1 aromatic rings. The Bertz CT molecular complexity index is 334. The Morgan fingerprint density at radius 1 is 1.00 bits per heavy atom. The van der Waals surface area contributed by atoms with Crippen LogP contribution < -0.4 is 10.2 Å². The lowest BCUT2D eigenvalue weighted by Gasteiger charge is -2.30. The van der Waals surface area contributed by atoms with E-state index in [-0.39, 0.29) is 0 Å². The number of piperazine rings is 1. The number of hydrogen-bond acceptors (Lipinski definition) is 2. The molecule has 2 heteroatoms. The van der Waals surface area contributed by atoms with Crippen LogP contribution in [-0.4, -0.2) is 26.2 Å². The second-order valence-corrected chi connectivity index (χ2v) is 4.96. The average Bonchev–Trinajstić information content (AvgIpc) is 2.29. The van der Waals surface area contributed by atoms with E-state index in [1.165, 1.54) is 24.9 Å². The second-order valence-electron chi connectivity index (χ2n) is 4.96. The fraction of sp³-hybridized carbons (Fsp3) is 0.571. The van der Waals surface area contributed by atoms with E-state index in [2.05, 4.69) is 34.5 Å². The van der Waals surface area contributed by atoms with Crippen LogP contribution in [0.25, 0.3) is 0 Å². The van der Waals surface area contributed by atoms with Crippen molar-refractivity contribution >= 4 is 5.69 Å². The minimum Gasteiger partial charge on any atom is -0.369 e. The standard InChI is InChI=1S/C14H20N2/c1-2-12(3-1)13-4-6-14(7-5-13)16-10-8-15-9-11-16/h4-7,12,15H,1-3,8-11H2. The number of hydrogen-bond donors (Lipinski definition) is 1. The Labute approximate surface area is 97.6 Å². The predicted molar refractivity (Wildman–Crippen MR) is 68.1 cm³/mol. The van der Waals surface area contributed by atoms with E-state index in [1.807, 2.05) is 0 Å². The van der Waals surface area contributed by atoms with Crippen molar-refractivity contribution < 1.29 is 0 Å². The van der Waals surface area contributed by atoms with Gasteiger partial charge in [0.1, 0.15) is 0 Å². The Morgan fingerprint density at radius 2 is 1.69 bits per heavy atom. The molecule has 1 saturated heterocycles. The van der Waals surface area contributed by atoms with Crippen molar-refractivity contribution in [1.82, 2.24) is 5.32 Å². The molecule has 0 atom stereocenters. The number of nitrogens with one attached hydrogen (secondary N) is 1. The van der Waals surface area contributed by atoms with Crippen molar-refractivity contribution in [2.45, 2.75) is 25.2 Å². The summed E-state index contributed by atoms with van der Waals surface area (Å²) in [7, 11) is 0. The molecule has 1 aromatic carbocycles. The molecule has 1 aliphatic heterocycles. The average molecular weight is 216 g/mol. The first-order valence-corrected chi connectivity index (χ1v) is 6.49. The molecule has 0 unspecified atom stereocenters. The molecule has 86 valence electrons. The molecule has 16 heavy (non-hydrogen) atoms. The predicted octanol–water partition coefficient (Wildman–Crippen LogP) is 2.36. The molecule has 0 aromatic heterocycles. The van der Waals surface area contributed by atoms with Crippen LogP contribution in [-0.2, 0) is 0 Å². The van der Waals surface area contributed by atoms with Crippen LogP contribution in [0.15, 0.2) is 24.3 Å². The molecule has 0 amide bonds. The zero-order valence-electron chi connectivity index (χ0n) is 9.78. The third kappa shape index (κ3) is 1.94. The van der Waals surface area contributed by atoms with Gasteiger partial charge in [0.15, 0.2) is 0 Å². The van der Waals surface area contributed by atoms with Crippen LogP contribution in [0.3, 0.4) is 0 Å². The van der Waals surface area contributed by atoms with E-state index in [0.29, 0.717) is 0 Å². The third-order valence-electron chi connectivity index (χ3n) is 3.95. The highest BCUT2D eigenvalue weighted by Crippen LogP contribution is 2.36. The first-order valence-electron chi connectivity index (χ1n) is 6.49.